The van der Waals surface area contributed by atoms with Crippen molar-refractivity contribution >= 4 is 11.4 Å². The van der Waals surface area contributed by atoms with E-state index < -0.39 is 10.8 Å². The molecule has 11 aromatic carbocycles. The fourth-order valence-electron chi connectivity index (χ4n) is 17.9. The number of para-hydroxylation sites is 4. The molecule has 0 fully saturated rings. The largest absolute Gasteiger partial charge is 0.457 e. The van der Waals surface area contributed by atoms with Gasteiger partial charge in [-0.05, 0) is 143 Å². The van der Waals surface area contributed by atoms with Crippen LogP contribution in [0.15, 0.2) is 368 Å². The second kappa shape index (κ2) is 27.6. The van der Waals surface area contributed by atoms with E-state index in [2.05, 4.69) is 351 Å². The van der Waals surface area contributed by atoms with Gasteiger partial charge in [0.2, 0.25) is 0 Å². The lowest BCUT2D eigenvalue weighted by molar-refractivity contribution is 0.328. The number of benzene rings is 11. The maximum atomic E-state index is 6.83. The molecule has 7 heteroatoms. The van der Waals surface area contributed by atoms with Crippen molar-refractivity contribution in [3.05, 3.63) is 418 Å². The van der Waals surface area contributed by atoms with Gasteiger partial charge in [0.25, 0.3) is 0 Å². The van der Waals surface area contributed by atoms with Gasteiger partial charge in [0.05, 0.1) is 16.9 Å². The van der Waals surface area contributed by atoms with Crippen molar-refractivity contribution < 1.29 is 9.47 Å². The Kier molecular flexibility index (Phi) is 16.7. The molecule has 7 aliphatic rings. The first-order valence-corrected chi connectivity index (χ1v) is 37.5. The zero-order valence-corrected chi connectivity index (χ0v) is 58.9. The summed E-state index contributed by atoms with van der Waals surface area (Å²) in [5.74, 6) is 6.11. The molecular formula is C99H77N5O2. The molecule has 3 unspecified atom stereocenters. The van der Waals surface area contributed by atoms with Gasteiger partial charge in [0, 0.05) is 62.0 Å². The number of nitrogens with zero attached hydrogens (tertiary/aromatic N) is 4. The number of rotatable bonds is 13. The van der Waals surface area contributed by atoms with E-state index in [0.29, 0.717) is 17.5 Å². The number of ether oxygens (including phenoxy) is 2. The first-order chi connectivity index (χ1) is 52.5. The Labute approximate surface area is 620 Å². The summed E-state index contributed by atoms with van der Waals surface area (Å²) >= 11 is 0. The van der Waals surface area contributed by atoms with Crippen LogP contribution in [0.25, 0.3) is 62.0 Å². The van der Waals surface area contributed by atoms with Crippen molar-refractivity contribution in [1.29, 1.82) is 0 Å². The van der Waals surface area contributed by atoms with Gasteiger partial charge in [0.15, 0.2) is 17.5 Å². The molecule has 19 rings (SSSR count). The van der Waals surface area contributed by atoms with Gasteiger partial charge < -0.3 is 14.8 Å². The molecule has 0 amide bonds. The maximum Gasteiger partial charge on any atom is 0.164 e. The van der Waals surface area contributed by atoms with E-state index in [0.717, 1.165) is 147 Å². The van der Waals surface area contributed by atoms with Crippen LogP contribution in [0, 0.1) is 11.8 Å². The fraction of sp³-hybridized carbons (Fsp3) is 0.131. The van der Waals surface area contributed by atoms with Gasteiger partial charge in [-0.3, -0.25) is 4.99 Å². The molecule has 4 aliphatic carbocycles. The van der Waals surface area contributed by atoms with Crippen molar-refractivity contribution in [2.75, 3.05) is 0 Å². The number of allylic oxidation sites excluding steroid dienone is 14. The van der Waals surface area contributed by atoms with Crippen molar-refractivity contribution in [3.63, 3.8) is 0 Å². The zero-order valence-electron chi connectivity index (χ0n) is 58.9. The van der Waals surface area contributed by atoms with Crippen molar-refractivity contribution in [2.24, 2.45) is 16.8 Å². The number of aliphatic imine (C=N–C) groups is 1. The average Bonchev–Trinajstić information content (AvgIpc) is 0.708. The van der Waals surface area contributed by atoms with Crippen LogP contribution in [0.5, 0.6) is 23.0 Å². The predicted octanol–water partition coefficient (Wildman–Crippen LogP) is 23.8. The van der Waals surface area contributed by atoms with Gasteiger partial charge in [-0.15, -0.1) is 0 Å². The highest BCUT2D eigenvalue weighted by Crippen LogP contribution is 2.61. The average molecular weight is 1370 g/mol. The third kappa shape index (κ3) is 11.3. The minimum atomic E-state index is -0.724. The minimum absolute atomic E-state index is 0.0194. The van der Waals surface area contributed by atoms with Crippen LogP contribution in [0.1, 0.15) is 107 Å². The van der Waals surface area contributed by atoms with E-state index in [1.54, 1.807) is 0 Å². The number of hydrogen-bond acceptors (Lipinski definition) is 7. The van der Waals surface area contributed by atoms with Gasteiger partial charge in [-0.1, -0.05) is 321 Å². The van der Waals surface area contributed by atoms with Crippen LogP contribution in [0.3, 0.4) is 0 Å². The van der Waals surface area contributed by atoms with Crippen LogP contribution in [-0.4, -0.2) is 20.8 Å². The Morgan fingerprint density at radius 3 is 1.60 bits per heavy atom. The van der Waals surface area contributed by atoms with E-state index in [-0.39, 0.29) is 17.9 Å². The molecule has 0 saturated heterocycles. The smallest absolute Gasteiger partial charge is 0.164 e. The second-order valence-electron chi connectivity index (χ2n) is 28.6. The van der Waals surface area contributed by atoms with Gasteiger partial charge in [-0.25, -0.2) is 15.0 Å². The summed E-state index contributed by atoms with van der Waals surface area (Å²) in [6.45, 7) is 0. The normalized spacial score (nSPS) is 18.5. The Morgan fingerprint density at radius 1 is 0.387 bits per heavy atom. The number of nitrogens with one attached hydrogen (secondary N) is 1. The van der Waals surface area contributed by atoms with Crippen molar-refractivity contribution in [3.8, 4) is 79.4 Å². The Hall–Kier alpha value is -12.6. The molecule has 4 heterocycles. The lowest BCUT2D eigenvalue weighted by Crippen LogP contribution is -2.45. The molecule has 3 aliphatic heterocycles. The second-order valence-corrected chi connectivity index (χ2v) is 28.6. The Bertz CT molecular complexity index is 5620. The molecule has 0 radical (unpaired) electrons. The highest BCUT2D eigenvalue weighted by molar-refractivity contribution is 6.03. The van der Waals surface area contributed by atoms with E-state index in [1.807, 2.05) is 0 Å². The summed E-state index contributed by atoms with van der Waals surface area (Å²) in [5.41, 5.74) is 22.6. The van der Waals surface area contributed by atoms with Gasteiger partial charge in [0.1, 0.15) is 28.8 Å². The van der Waals surface area contributed by atoms with E-state index in [4.69, 9.17) is 29.4 Å². The van der Waals surface area contributed by atoms with Crippen molar-refractivity contribution in [2.45, 2.75) is 68.2 Å². The Balaban J connectivity index is 0.679. The maximum absolute atomic E-state index is 6.83. The van der Waals surface area contributed by atoms with Crippen LogP contribution in [0.4, 0.5) is 0 Å². The van der Waals surface area contributed by atoms with Crippen LogP contribution in [-0.2, 0) is 17.3 Å². The summed E-state index contributed by atoms with van der Waals surface area (Å²) < 4.78 is 13.6. The molecule has 1 aromatic heterocycles. The van der Waals surface area contributed by atoms with Gasteiger partial charge in [-0.2, -0.15) is 0 Å². The quantitative estimate of drug-likeness (QED) is 0.124. The molecule has 0 spiro atoms. The zero-order chi connectivity index (χ0) is 70.4. The summed E-state index contributed by atoms with van der Waals surface area (Å²) in [6, 6.07) is 97.8. The van der Waals surface area contributed by atoms with E-state index in [1.165, 1.54) is 50.1 Å². The molecule has 12 aromatic rings. The summed E-state index contributed by atoms with van der Waals surface area (Å²) in [7, 11) is 0. The van der Waals surface area contributed by atoms with E-state index in [9.17, 15) is 0 Å². The summed E-state index contributed by atoms with van der Waals surface area (Å²) in [6.07, 6.45) is 35.7. The lowest BCUT2D eigenvalue weighted by Gasteiger charge is -2.49. The van der Waals surface area contributed by atoms with Crippen LogP contribution in [0.2, 0.25) is 0 Å². The first-order valence-electron chi connectivity index (χ1n) is 37.5. The van der Waals surface area contributed by atoms with Crippen LogP contribution >= 0.6 is 0 Å². The standard InChI is InChI=1S/C99H77N5O2/c1-5-29-66(30-6-1)67-57-61-70(62-58-67)94-102-95(104-97(103-94)81-40-14-16-46-83(81)99(75-37-11-4-12-38-75)86-49-19-23-55-92(86)106-93-56-24-20-50-87(93)99)71-63-59-68(60-64-71)72-33-25-34-73(65-72)76-41-26-43-78-77(76)42-27-44-79(78)96-100-88(69-31-7-2-8-32-69)51-28-52-89(101-96)80-39-13-15-45-82(80)98(74-35-9-3-10-36-74)84-47-17-21-53-90(84)105-91-54-22-18-48-85(91)98/h1-2,4-9,11,13-25,27,29-37,39-42,44-50,52-65,80,82,88H,3,10,12,26,28,38,43,51H2,(H,100,101). The third-order valence-corrected chi connectivity index (χ3v) is 22.7. The lowest BCUT2D eigenvalue weighted by atomic mass is 9.55. The first kappa shape index (κ1) is 64.3. The molecular weight excluding hydrogens is 1290 g/mol. The molecule has 7 nitrogen and oxygen atoms in total. The highest BCUT2D eigenvalue weighted by atomic mass is 16.5. The SMILES string of the molecule is C1=CCCC(C2(c3ccccc3-c3nc(-c4ccc(-c5ccccc5)cc4)nc(-c4ccc(-c5cccc(C6=CCCc7c6cccc7C6=NC(c7ccccc7)CCC=C(C7C=CC=CC7C7(C8=CCCC=C8)c8ccccc8Oc8ccccc87)N6)c5)cc4)n3)c3ccccc3Oc3ccccc32)=C1. The Morgan fingerprint density at radius 2 is 0.934 bits per heavy atom. The topological polar surface area (TPSA) is 81.5 Å². The molecule has 510 valence electrons. The summed E-state index contributed by atoms with van der Waals surface area (Å²) in [5, 5.41) is 4.21. The van der Waals surface area contributed by atoms with Gasteiger partial charge >= 0.3 is 0 Å². The molecule has 1 N–H and O–H groups in total. The highest BCUT2D eigenvalue weighted by Gasteiger charge is 2.53. The molecule has 0 bridgehead atoms. The van der Waals surface area contributed by atoms with Crippen LogP contribution < -0.4 is 14.8 Å². The summed E-state index contributed by atoms with van der Waals surface area (Å²) in [4.78, 5) is 22.3. The predicted molar refractivity (Wildman–Crippen MR) is 430 cm³/mol. The molecule has 3 atom stereocenters. The monoisotopic (exact) mass is 1370 g/mol. The number of hydrogen-bond donors (Lipinski definition) is 1. The van der Waals surface area contributed by atoms with Crippen molar-refractivity contribution in [1.82, 2.24) is 20.3 Å². The molecule has 0 saturated carbocycles. The number of amidine groups is 1. The number of aromatic nitrogens is 3. The number of fused-ring (bicyclic) bond motifs is 5. The van der Waals surface area contributed by atoms with E-state index >= 15 is 0 Å². The molecule has 106 heavy (non-hydrogen) atoms. The fourth-order valence-corrected chi connectivity index (χ4v) is 17.9. The minimum Gasteiger partial charge on any atom is -0.457 e. The third-order valence-electron chi connectivity index (χ3n) is 22.7.